The molecule has 0 radical (unpaired) electrons. The standard InChI is InChI=1S/C21H29NOS/c1-3-24-19-7-5-4-6-18(19)20(23)22-14(2)21-11-15-8-16(12-21)10-17(9-15)13-21/h4-7,14-17H,3,8-13H2,1-2H3,(H,22,23)/t14-,15?,16?,17?,21?/m1/s1. The van der Waals surface area contributed by atoms with Gasteiger partial charge in [0.1, 0.15) is 0 Å². The molecule has 24 heavy (non-hydrogen) atoms. The minimum atomic E-state index is 0.120. The predicted molar refractivity (Wildman–Crippen MR) is 100 cm³/mol. The third kappa shape index (κ3) is 2.89. The average molecular weight is 344 g/mol. The van der Waals surface area contributed by atoms with Crippen LogP contribution in [0.2, 0.25) is 0 Å². The van der Waals surface area contributed by atoms with E-state index in [2.05, 4.69) is 25.2 Å². The van der Waals surface area contributed by atoms with Crippen molar-refractivity contribution in [3.8, 4) is 0 Å². The number of rotatable bonds is 5. The van der Waals surface area contributed by atoms with Crippen molar-refractivity contribution in [1.82, 2.24) is 5.32 Å². The van der Waals surface area contributed by atoms with E-state index in [4.69, 9.17) is 0 Å². The molecule has 4 bridgehead atoms. The third-order valence-electron chi connectivity index (χ3n) is 6.78. The number of hydrogen-bond acceptors (Lipinski definition) is 2. The summed E-state index contributed by atoms with van der Waals surface area (Å²) in [5, 5.41) is 3.40. The monoisotopic (exact) mass is 343 g/mol. The molecule has 5 rings (SSSR count). The van der Waals surface area contributed by atoms with Crippen LogP contribution in [0.4, 0.5) is 0 Å². The lowest BCUT2D eigenvalue weighted by molar-refractivity contribution is -0.0688. The van der Waals surface area contributed by atoms with Crippen LogP contribution in [0.5, 0.6) is 0 Å². The van der Waals surface area contributed by atoms with Crippen LogP contribution in [-0.4, -0.2) is 17.7 Å². The van der Waals surface area contributed by atoms with E-state index >= 15 is 0 Å². The Labute approximate surface area is 150 Å². The largest absolute Gasteiger partial charge is 0.349 e. The summed E-state index contributed by atoms with van der Waals surface area (Å²) in [7, 11) is 0. The molecule has 0 unspecified atom stereocenters. The molecule has 1 aromatic carbocycles. The zero-order valence-electron chi connectivity index (χ0n) is 14.9. The van der Waals surface area contributed by atoms with Crippen LogP contribution in [0.25, 0.3) is 0 Å². The highest BCUT2D eigenvalue weighted by atomic mass is 32.2. The molecule has 4 aliphatic rings. The summed E-state index contributed by atoms with van der Waals surface area (Å²) >= 11 is 1.76. The topological polar surface area (TPSA) is 29.1 Å². The molecular formula is C21H29NOS. The first-order valence-corrected chi connectivity index (χ1v) is 10.6. The first-order valence-electron chi connectivity index (χ1n) is 9.62. The Kier molecular flexibility index (Phi) is 4.40. The van der Waals surface area contributed by atoms with Gasteiger partial charge in [0.25, 0.3) is 5.91 Å². The van der Waals surface area contributed by atoms with Crippen molar-refractivity contribution in [2.24, 2.45) is 23.2 Å². The molecule has 1 atom stereocenters. The van der Waals surface area contributed by atoms with E-state index in [1.165, 1.54) is 38.5 Å². The van der Waals surface area contributed by atoms with Crippen LogP contribution < -0.4 is 5.32 Å². The number of amides is 1. The minimum Gasteiger partial charge on any atom is -0.349 e. The fourth-order valence-electron chi connectivity index (χ4n) is 6.07. The highest BCUT2D eigenvalue weighted by Crippen LogP contribution is 2.61. The molecule has 4 fully saturated rings. The van der Waals surface area contributed by atoms with Gasteiger partial charge in [-0.3, -0.25) is 4.79 Å². The molecule has 1 N–H and O–H groups in total. The maximum Gasteiger partial charge on any atom is 0.252 e. The second kappa shape index (κ2) is 6.40. The van der Waals surface area contributed by atoms with E-state index in [9.17, 15) is 4.79 Å². The zero-order valence-corrected chi connectivity index (χ0v) is 15.7. The lowest BCUT2D eigenvalue weighted by atomic mass is 9.48. The Morgan fingerprint density at radius 3 is 2.33 bits per heavy atom. The molecule has 3 heteroatoms. The number of thioether (sulfide) groups is 1. The quantitative estimate of drug-likeness (QED) is 0.751. The van der Waals surface area contributed by atoms with Gasteiger partial charge >= 0.3 is 0 Å². The van der Waals surface area contributed by atoms with Crippen LogP contribution in [0.15, 0.2) is 29.2 Å². The lowest BCUT2D eigenvalue weighted by Crippen LogP contribution is -2.55. The van der Waals surface area contributed by atoms with Gasteiger partial charge in [-0.2, -0.15) is 0 Å². The van der Waals surface area contributed by atoms with Gasteiger partial charge in [0.05, 0.1) is 5.56 Å². The van der Waals surface area contributed by atoms with Gasteiger partial charge < -0.3 is 5.32 Å². The Morgan fingerprint density at radius 2 is 1.75 bits per heavy atom. The fourth-order valence-corrected chi connectivity index (χ4v) is 6.87. The van der Waals surface area contributed by atoms with E-state index in [0.29, 0.717) is 5.41 Å². The molecule has 130 valence electrons. The Hall–Kier alpha value is -0.960. The normalized spacial score (nSPS) is 35.0. The number of benzene rings is 1. The molecule has 1 amide bonds. The van der Waals surface area contributed by atoms with Crippen molar-refractivity contribution in [3.63, 3.8) is 0 Å². The second-order valence-corrected chi connectivity index (χ2v) is 9.71. The van der Waals surface area contributed by atoms with Gasteiger partial charge in [0, 0.05) is 10.9 Å². The molecule has 0 spiro atoms. The van der Waals surface area contributed by atoms with Crippen LogP contribution in [0, 0.1) is 23.2 Å². The Morgan fingerprint density at radius 1 is 1.17 bits per heavy atom. The maximum atomic E-state index is 12.9. The predicted octanol–water partition coefficient (Wildman–Crippen LogP) is 5.13. The van der Waals surface area contributed by atoms with Crippen molar-refractivity contribution in [2.45, 2.75) is 63.3 Å². The van der Waals surface area contributed by atoms with Gasteiger partial charge in [-0.25, -0.2) is 0 Å². The van der Waals surface area contributed by atoms with Crippen molar-refractivity contribution in [2.75, 3.05) is 5.75 Å². The van der Waals surface area contributed by atoms with Gasteiger partial charge in [0.15, 0.2) is 0 Å². The second-order valence-electron chi connectivity index (χ2n) is 8.40. The van der Waals surface area contributed by atoms with Crippen LogP contribution in [0.1, 0.15) is 62.7 Å². The van der Waals surface area contributed by atoms with Crippen molar-refractivity contribution >= 4 is 17.7 Å². The SMILES string of the molecule is CCSc1ccccc1C(=O)N[C@H](C)C12CC3CC(CC(C3)C1)C2. The molecule has 0 heterocycles. The van der Waals surface area contributed by atoms with E-state index in [1.807, 2.05) is 18.2 Å². The molecule has 4 saturated carbocycles. The van der Waals surface area contributed by atoms with E-state index in [-0.39, 0.29) is 11.9 Å². The summed E-state index contributed by atoms with van der Waals surface area (Å²) in [4.78, 5) is 14.0. The van der Waals surface area contributed by atoms with E-state index < -0.39 is 0 Å². The highest BCUT2D eigenvalue weighted by molar-refractivity contribution is 7.99. The van der Waals surface area contributed by atoms with Gasteiger partial charge in [-0.1, -0.05) is 19.1 Å². The van der Waals surface area contributed by atoms with E-state index in [0.717, 1.165) is 34.0 Å². The molecule has 4 aliphatic carbocycles. The molecular weight excluding hydrogens is 314 g/mol. The van der Waals surface area contributed by atoms with Crippen LogP contribution >= 0.6 is 11.8 Å². The van der Waals surface area contributed by atoms with Crippen molar-refractivity contribution in [3.05, 3.63) is 29.8 Å². The summed E-state index contributed by atoms with van der Waals surface area (Å²) in [6, 6.07) is 8.33. The smallest absolute Gasteiger partial charge is 0.252 e. The zero-order chi connectivity index (χ0) is 16.7. The van der Waals surface area contributed by atoms with E-state index in [1.54, 1.807) is 11.8 Å². The molecule has 0 saturated heterocycles. The molecule has 0 aliphatic heterocycles. The molecule has 2 nitrogen and oxygen atoms in total. The maximum absolute atomic E-state index is 12.9. The molecule has 1 aromatic rings. The van der Waals surface area contributed by atoms with Crippen molar-refractivity contribution in [1.29, 1.82) is 0 Å². The first-order chi connectivity index (χ1) is 11.6. The van der Waals surface area contributed by atoms with Gasteiger partial charge in [0.2, 0.25) is 0 Å². The summed E-state index contributed by atoms with van der Waals surface area (Å²) in [5.41, 5.74) is 1.22. The van der Waals surface area contributed by atoms with Crippen LogP contribution in [-0.2, 0) is 0 Å². The van der Waals surface area contributed by atoms with Gasteiger partial charge in [-0.05, 0) is 86.5 Å². The van der Waals surface area contributed by atoms with Crippen molar-refractivity contribution < 1.29 is 4.79 Å². The minimum absolute atomic E-state index is 0.120. The fraction of sp³-hybridized carbons (Fsp3) is 0.667. The summed E-state index contributed by atoms with van der Waals surface area (Å²) in [6.07, 6.45) is 8.38. The number of hydrogen-bond donors (Lipinski definition) is 1. The summed E-state index contributed by atoms with van der Waals surface area (Å²) in [6.45, 7) is 4.40. The first kappa shape index (κ1) is 16.5. The number of carbonyl (C=O) groups excluding carboxylic acids is 1. The van der Waals surface area contributed by atoms with Gasteiger partial charge in [-0.15, -0.1) is 11.8 Å². The molecule has 0 aromatic heterocycles. The highest BCUT2D eigenvalue weighted by Gasteiger charge is 2.53. The number of carbonyl (C=O) groups is 1. The summed E-state index contributed by atoms with van der Waals surface area (Å²) in [5.74, 6) is 3.90. The van der Waals surface area contributed by atoms with Crippen LogP contribution in [0.3, 0.4) is 0 Å². The Balaban J connectivity index is 1.50. The summed E-state index contributed by atoms with van der Waals surface area (Å²) < 4.78 is 0. The average Bonchev–Trinajstić information content (AvgIpc) is 2.54. The Bertz CT molecular complexity index is 591. The third-order valence-corrected chi connectivity index (χ3v) is 7.74. The number of nitrogens with one attached hydrogen (secondary N) is 1. The lowest BCUT2D eigenvalue weighted by Gasteiger charge is -2.59.